The molecular formula is C21H24N4O. The van der Waals surface area contributed by atoms with E-state index in [2.05, 4.69) is 29.1 Å². The fraction of sp³-hybridized carbons (Fsp3) is 0.381. The van der Waals surface area contributed by atoms with E-state index in [9.17, 15) is 4.79 Å². The molecular weight excluding hydrogens is 324 g/mol. The highest BCUT2D eigenvalue weighted by Gasteiger charge is 2.28. The zero-order chi connectivity index (χ0) is 18.1. The highest BCUT2D eigenvalue weighted by atomic mass is 16.1. The van der Waals surface area contributed by atoms with Crippen LogP contribution in [0.5, 0.6) is 0 Å². The molecule has 5 heteroatoms. The number of fused-ring (bicyclic) bond motifs is 1. The van der Waals surface area contributed by atoms with Crippen molar-refractivity contribution >= 4 is 17.1 Å². The number of nitrogens with zero attached hydrogens (tertiary/aromatic N) is 3. The monoisotopic (exact) mass is 348 g/mol. The van der Waals surface area contributed by atoms with Crippen molar-refractivity contribution in [3.05, 3.63) is 54.5 Å². The van der Waals surface area contributed by atoms with Crippen LogP contribution in [-0.2, 0) is 0 Å². The molecule has 1 fully saturated rings. The molecule has 0 radical (unpaired) electrons. The molecule has 0 saturated heterocycles. The number of hydrogen-bond donors (Lipinski definition) is 1. The van der Waals surface area contributed by atoms with Gasteiger partial charge in [0, 0.05) is 23.5 Å². The van der Waals surface area contributed by atoms with E-state index >= 15 is 0 Å². The number of aromatic nitrogens is 3. The lowest BCUT2D eigenvalue weighted by Gasteiger charge is -2.34. The number of benzene rings is 1. The van der Waals surface area contributed by atoms with Gasteiger partial charge in [0.1, 0.15) is 11.8 Å². The first-order valence-corrected chi connectivity index (χ1v) is 9.33. The Morgan fingerprint density at radius 2 is 1.92 bits per heavy atom. The van der Waals surface area contributed by atoms with Gasteiger partial charge in [-0.1, -0.05) is 26.7 Å². The number of amides is 1. The van der Waals surface area contributed by atoms with Crippen LogP contribution in [0.2, 0.25) is 0 Å². The molecule has 1 aliphatic carbocycles. The summed E-state index contributed by atoms with van der Waals surface area (Å²) >= 11 is 0. The van der Waals surface area contributed by atoms with Crippen LogP contribution in [0.4, 0.5) is 0 Å². The van der Waals surface area contributed by atoms with Crippen LogP contribution in [0, 0.1) is 11.8 Å². The average Bonchev–Trinajstić information content (AvgIpc) is 3.10. The molecule has 1 aliphatic rings. The first-order chi connectivity index (χ1) is 12.6. The van der Waals surface area contributed by atoms with Crippen LogP contribution in [0.25, 0.3) is 16.9 Å². The van der Waals surface area contributed by atoms with Gasteiger partial charge in [0.15, 0.2) is 5.65 Å². The smallest absolute Gasteiger partial charge is 0.251 e. The number of carbonyl (C=O) groups is 1. The molecule has 26 heavy (non-hydrogen) atoms. The summed E-state index contributed by atoms with van der Waals surface area (Å²) in [6.07, 6.45) is 7.04. The van der Waals surface area contributed by atoms with Gasteiger partial charge in [0.2, 0.25) is 0 Å². The molecule has 0 bridgehead atoms. The summed E-state index contributed by atoms with van der Waals surface area (Å²) in [6, 6.07) is 11.7. The standard InChI is InChI=1S/C21H24N4O/c1-14-5-3-6-18(15(14)2)24-21(26)16-8-10-17(11-9-16)25-13-23-19-7-4-12-22-20(19)25/h4,7-15,18H,3,5-6H2,1-2H3,(H,24,26)/t14-,15-,18+/m1/s1. The third kappa shape index (κ3) is 3.09. The van der Waals surface area contributed by atoms with Crippen LogP contribution in [-0.4, -0.2) is 26.5 Å². The van der Waals surface area contributed by atoms with Crippen molar-refractivity contribution in [3.8, 4) is 5.69 Å². The quantitative estimate of drug-likeness (QED) is 0.779. The van der Waals surface area contributed by atoms with E-state index < -0.39 is 0 Å². The highest BCUT2D eigenvalue weighted by Crippen LogP contribution is 2.29. The third-order valence-corrected chi connectivity index (χ3v) is 5.74. The van der Waals surface area contributed by atoms with E-state index in [1.165, 1.54) is 12.8 Å². The fourth-order valence-electron chi connectivity index (χ4n) is 3.85. The molecule has 1 saturated carbocycles. The van der Waals surface area contributed by atoms with E-state index in [0.29, 0.717) is 17.4 Å². The van der Waals surface area contributed by atoms with Crippen LogP contribution in [0.3, 0.4) is 0 Å². The molecule has 0 spiro atoms. The Kier molecular flexibility index (Phi) is 4.45. The van der Waals surface area contributed by atoms with E-state index in [4.69, 9.17) is 0 Å². The van der Waals surface area contributed by atoms with Gasteiger partial charge in [-0.25, -0.2) is 9.97 Å². The molecule has 0 aliphatic heterocycles. The van der Waals surface area contributed by atoms with Crippen molar-refractivity contribution in [1.82, 2.24) is 19.9 Å². The molecule has 0 unspecified atom stereocenters. The first kappa shape index (κ1) is 16.8. The third-order valence-electron chi connectivity index (χ3n) is 5.74. The van der Waals surface area contributed by atoms with Gasteiger partial charge in [-0.15, -0.1) is 0 Å². The SMILES string of the molecule is C[C@@H]1[C@H](C)CCC[C@@H]1NC(=O)c1ccc(-n2cnc3cccnc32)cc1. The molecule has 3 aromatic rings. The topological polar surface area (TPSA) is 59.8 Å². The lowest BCUT2D eigenvalue weighted by molar-refractivity contribution is 0.0891. The predicted molar refractivity (Wildman–Crippen MR) is 102 cm³/mol. The second-order valence-corrected chi connectivity index (χ2v) is 7.35. The van der Waals surface area contributed by atoms with Gasteiger partial charge in [-0.05, 0) is 54.7 Å². The second-order valence-electron chi connectivity index (χ2n) is 7.35. The normalized spacial score (nSPS) is 23.1. The van der Waals surface area contributed by atoms with E-state index in [0.717, 1.165) is 23.3 Å². The molecule has 3 atom stereocenters. The number of hydrogen-bond acceptors (Lipinski definition) is 3. The summed E-state index contributed by atoms with van der Waals surface area (Å²) in [7, 11) is 0. The zero-order valence-corrected chi connectivity index (χ0v) is 15.2. The highest BCUT2D eigenvalue weighted by molar-refractivity contribution is 5.94. The first-order valence-electron chi connectivity index (χ1n) is 9.33. The molecule has 2 heterocycles. The minimum atomic E-state index is 0.0103. The van der Waals surface area contributed by atoms with Crippen molar-refractivity contribution in [3.63, 3.8) is 0 Å². The largest absolute Gasteiger partial charge is 0.349 e. The van der Waals surface area contributed by atoms with Crippen molar-refractivity contribution < 1.29 is 4.79 Å². The molecule has 1 aromatic carbocycles. The maximum Gasteiger partial charge on any atom is 0.251 e. The number of nitrogens with one attached hydrogen (secondary N) is 1. The molecule has 134 valence electrons. The molecule has 2 aromatic heterocycles. The van der Waals surface area contributed by atoms with Gasteiger partial charge in [-0.3, -0.25) is 9.36 Å². The maximum atomic E-state index is 12.6. The molecule has 1 amide bonds. The van der Waals surface area contributed by atoms with Crippen LogP contribution < -0.4 is 5.32 Å². The van der Waals surface area contributed by atoms with Gasteiger partial charge in [0.25, 0.3) is 5.91 Å². The maximum absolute atomic E-state index is 12.6. The van der Waals surface area contributed by atoms with Gasteiger partial charge >= 0.3 is 0 Å². The Bertz CT molecular complexity index is 915. The Morgan fingerprint density at radius 1 is 1.12 bits per heavy atom. The summed E-state index contributed by atoms with van der Waals surface area (Å²) in [5.74, 6) is 1.20. The summed E-state index contributed by atoms with van der Waals surface area (Å²) < 4.78 is 1.93. The average molecular weight is 348 g/mol. The molecule has 1 N–H and O–H groups in total. The van der Waals surface area contributed by atoms with Gasteiger partial charge < -0.3 is 5.32 Å². The van der Waals surface area contributed by atoms with E-state index in [1.807, 2.05) is 41.0 Å². The number of carbonyl (C=O) groups excluding carboxylic acids is 1. The summed E-state index contributed by atoms with van der Waals surface area (Å²) in [5, 5.41) is 3.23. The second kappa shape index (κ2) is 6.90. The molecule has 4 rings (SSSR count). The fourth-order valence-corrected chi connectivity index (χ4v) is 3.85. The number of rotatable bonds is 3. The lowest BCUT2D eigenvalue weighted by Crippen LogP contribution is -2.43. The van der Waals surface area contributed by atoms with Crippen molar-refractivity contribution in [2.24, 2.45) is 11.8 Å². The lowest BCUT2D eigenvalue weighted by atomic mass is 9.78. The van der Waals surface area contributed by atoms with Gasteiger partial charge in [-0.2, -0.15) is 0 Å². The van der Waals surface area contributed by atoms with Crippen molar-refractivity contribution in [1.29, 1.82) is 0 Å². The Morgan fingerprint density at radius 3 is 2.73 bits per heavy atom. The number of pyridine rings is 1. The minimum Gasteiger partial charge on any atom is -0.349 e. The zero-order valence-electron chi connectivity index (χ0n) is 15.2. The molecule has 5 nitrogen and oxygen atoms in total. The Labute approximate surface area is 153 Å². The van der Waals surface area contributed by atoms with Crippen molar-refractivity contribution in [2.75, 3.05) is 0 Å². The van der Waals surface area contributed by atoms with Crippen LogP contribution in [0.1, 0.15) is 43.5 Å². The Hall–Kier alpha value is -2.69. The van der Waals surface area contributed by atoms with E-state index in [1.54, 1.807) is 12.5 Å². The Balaban J connectivity index is 1.51. The van der Waals surface area contributed by atoms with E-state index in [-0.39, 0.29) is 11.9 Å². The van der Waals surface area contributed by atoms with Crippen molar-refractivity contribution in [2.45, 2.75) is 39.2 Å². The van der Waals surface area contributed by atoms with Crippen LogP contribution >= 0.6 is 0 Å². The number of imidazole rings is 1. The van der Waals surface area contributed by atoms with Gasteiger partial charge in [0.05, 0.1) is 0 Å². The predicted octanol–water partition coefficient (Wildman–Crippen LogP) is 3.98. The minimum absolute atomic E-state index is 0.0103. The summed E-state index contributed by atoms with van der Waals surface area (Å²) in [6.45, 7) is 4.52. The van der Waals surface area contributed by atoms with Crippen LogP contribution in [0.15, 0.2) is 48.9 Å². The summed E-state index contributed by atoms with van der Waals surface area (Å²) in [4.78, 5) is 21.4. The summed E-state index contributed by atoms with van der Waals surface area (Å²) in [5.41, 5.74) is 3.31.